The average Bonchev–Trinajstić information content (AvgIpc) is 2.51. The van der Waals surface area contributed by atoms with Crippen molar-refractivity contribution >= 4 is 11.7 Å². The molecule has 0 saturated heterocycles. The Morgan fingerprint density at radius 1 is 1.33 bits per heavy atom. The Balaban J connectivity index is 2.03. The summed E-state index contributed by atoms with van der Waals surface area (Å²) in [6.07, 6.45) is 4.47. The van der Waals surface area contributed by atoms with Crippen LogP contribution in [-0.4, -0.2) is 22.4 Å². The molecule has 21 heavy (non-hydrogen) atoms. The predicted octanol–water partition coefficient (Wildman–Crippen LogP) is 2.54. The molecule has 0 saturated carbocycles. The number of hydrogen-bond acceptors (Lipinski definition) is 4. The number of carbonyl (C=O) groups excluding carboxylic acids is 1. The van der Waals surface area contributed by atoms with E-state index in [0.29, 0.717) is 12.1 Å². The monoisotopic (exact) mass is 284 g/mol. The van der Waals surface area contributed by atoms with Gasteiger partial charge in [0.15, 0.2) is 0 Å². The van der Waals surface area contributed by atoms with E-state index in [1.165, 1.54) is 0 Å². The van der Waals surface area contributed by atoms with Gasteiger partial charge in [-0.25, -0.2) is 4.98 Å². The standard InChI is InChI=1S/C16H20N4O/c1-3-6-18-15-9-14(8-12(2)20-15)16(21)19-11-13-5-4-7-17-10-13/h4-5,7-10H,3,6,11H2,1-2H3,(H,18,20)(H,19,21). The highest BCUT2D eigenvalue weighted by atomic mass is 16.1. The second-order valence-corrected chi connectivity index (χ2v) is 4.85. The summed E-state index contributed by atoms with van der Waals surface area (Å²) in [6.45, 7) is 5.28. The molecule has 2 aromatic heterocycles. The first kappa shape index (κ1) is 15.0. The summed E-state index contributed by atoms with van der Waals surface area (Å²) in [7, 11) is 0. The lowest BCUT2D eigenvalue weighted by Gasteiger charge is -2.09. The first-order valence-electron chi connectivity index (χ1n) is 7.08. The number of aromatic nitrogens is 2. The highest BCUT2D eigenvalue weighted by Crippen LogP contribution is 2.10. The van der Waals surface area contributed by atoms with Gasteiger partial charge in [-0.2, -0.15) is 0 Å². The number of amides is 1. The summed E-state index contributed by atoms with van der Waals surface area (Å²) < 4.78 is 0. The van der Waals surface area contributed by atoms with Gasteiger partial charge in [-0.05, 0) is 37.1 Å². The van der Waals surface area contributed by atoms with Crippen molar-refractivity contribution in [2.75, 3.05) is 11.9 Å². The van der Waals surface area contributed by atoms with Crippen LogP contribution in [0.1, 0.15) is 35.0 Å². The molecule has 1 amide bonds. The minimum atomic E-state index is -0.107. The highest BCUT2D eigenvalue weighted by molar-refractivity contribution is 5.94. The molecule has 0 radical (unpaired) electrons. The van der Waals surface area contributed by atoms with E-state index in [1.807, 2.05) is 19.1 Å². The molecule has 2 rings (SSSR count). The fourth-order valence-corrected chi connectivity index (χ4v) is 1.93. The van der Waals surface area contributed by atoms with Crippen molar-refractivity contribution in [1.29, 1.82) is 0 Å². The molecule has 110 valence electrons. The van der Waals surface area contributed by atoms with Crippen LogP contribution in [0.4, 0.5) is 5.82 Å². The van der Waals surface area contributed by atoms with Crippen LogP contribution in [0, 0.1) is 6.92 Å². The van der Waals surface area contributed by atoms with E-state index >= 15 is 0 Å². The molecule has 0 fully saturated rings. The van der Waals surface area contributed by atoms with Gasteiger partial charge >= 0.3 is 0 Å². The molecular weight excluding hydrogens is 264 g/mol. The molecule has 5 heteroatoms. The molecule has 2 N–H and O–H groups in total. The maximum absolute atomic E-state index is 12.2. The largest absolute Gasteiger partial charge is 0.370 e. The van der Waals surface area contributed by atoms with Gasteiger partial charge in [0.05, 0.1) is 0 Å². The SMILES string of the molecule is CCCNc1cc(C(=O)NCc2cccnc2)cc(C)n1. The second-order valence-electron chi connectivity index (χ2n) is 4.85. The smallest absolute Gasteiger partial charge is 0.251 e. The molecule has 0 aliphatic carbocycles. The molecule has 2 heterocycles. The summed E-state index contributed by atoms with van der Waals surface area (Å²) in [5.41, 5.74) is 2.41. The minimum Gasteiger partial charge on any atom is -0.370 e. The first-order chi connectivity index (χ1) is 10.2. The van der Waals surface area contributed by atoms with Gasteiger partial charge in [0.2, 0.25) is 0 Å². The summed E-state index contributed by atoms with van der Waals surface area (Å²) in [5.74, 6) is 0.632. The number of nitrogens with zero attached hydrogens (tertiary/aromatic N) is 2. The van der Waals surface area contributed by atoms with E-state index < -0.39 is 0 Å². The fraction of sp³-hybridized carbons (Fsp3) is 0.312. The molecule has 2 aromatic rings. The molecule has 0 aliphatic heterocycles. The predicted molar refractivity (Wildman–Crippen MR) is 83.2 cm³/mol. The average molecular weight is 284 g/mol. The molecule has 0 bridgehead atoms. The van der Waals surface area contributed by atoms with E-state index in [9.17, 15) is 4.79 Å². The Kier molecular flexibility index (Phi) is 5.26. The van der Waals surface area contributed by atoms with Crippen molar-refractivity contribution in [3.63, 3.8) is 0 Å². The van der Waals surface area contributed by atoms with Gasteiger partial charge in [-0.15, -0.1) is 0 Å². The van der Waals surface area contributed by atoms with Crippen LogP contribution < -0.4 is 10.6 Å². The van der Waals surface area contributed by atoms with Crippen LogP contribution in [0.5, 0.6) is 0 Å². The number of anilines is 1. The van der Waals surface area contributed by atoms with Crippen LogP contribution in [0.15, 0.2) is 36.7 Å². The van der Waals surface area contributed by atoms with Crippen molar-refractivity contribution in [3.8, 4) is 0 Å². The summed E-state index contributed by atoms with van der Waals surface area (Å²) in [6, 6.07) is 7.35. The van der Waals surface area contributed by atoms with Crippen LogP contribution >= 0.6 is 0 Å². The zero-order valence-corrected chi connectivity index (χ0v) is 12.4. The van der Waals surface area contributed by atoms with Gasteiger partial charge in [0, 0.05) is 36.7 Å². The molecule has 0 aromatic carbocycles. The third-order valence-corrected chi connectivity index (χ3v) is 2.95. The number of nitrogens with one attached hydrogen (secondary N) is 2. The van der Waals surface area contributed by atoms with E-state index in [2.05, 4.69) is 27.5 Å². The lowest BCUT2D eigenvalue weighted by atomic mass is 10.2. The summed E-state index contributed by atoms with van der Waals surface area (Å²) in [4.78, 5) is 20.6. The fourth-order valence-electron chi connectivity index (χ4n) is 1.93. The van der Waals surface area contributed by atoms with Crippen molar-refractivity contribution in [3.05, 3.63) is 53.5 Å². The highest BCUT2D eigenvalue weighted by Gasteiger charge is 2.08. The van der Waals surface area contributed by atoms with Gasteiger partial charge < -0.3 is 10.6 Å². The third kappa shape index (κ3) is 4.56. The maximum atomic E-state index is 12.2. The van der Waals surface area contributed by atoms with Crippen molar-refractivity contribution < 1.29 is 4.79 Å². The molecule has 0 atom stereocenters. The van der Waals surface area contributed by atoms with Gasteiger partial charge in [-0.3, -0.25) is 9.78 Å². The Bertz CT molecular complexity index is 598. The van der Waals surface area contributed by atoms with Gasteiger partial charge in [0.1, 0.15) is 5.82 Å². The minimum absolute atomic E-state index is 0.107. The Morgan fingerprint density at radius 3 is 2.90 bits per heavy atom. The molecule has 5 nitrogen and oxygen atoms in total. The van der Waals surface area contributed by atoms with Crippen LogP contribution in [0.25, 0.3) is 0 Å². The van der Waals surface area contributed by atoms with Crippen LogP contribution in [-0.2, 0) is 6.54 Å². The van der Waals surface area contributed by atoms with E-state index in [1.54, 1.807) is 24.5 Å². The molecule has 0 aliphatic rings. The maximum Gasteiger partial charge on any atom is 0.251 e. The molecular formula is C16H20N4O. The summed E-state index contributed by atoms with van der Waals surface area (Å²) in [5, 5.41) is 6.09. The van der Waals surface area contributed by atoms with E-state index in [-0.39, 0.29) is 5.91 Å². The van der Waals surface area contributed by atoms with Gasteiger partial charge in [-0.1, -0.05) is 13.0 Å². The number of rotatable bonds is 6. The molecule has 0 unspecified atom stereocenters. The Morgan fingerprint density at radius 2 is 2.19 bits per heavy atom. The van der Waals surface area contributed by atoms with Crippen molar-refractivity contribution in [1.82, 2.24) is 15.3 Å². The number of aryl methyl sites for hydroxylation is 1. The Hall–Kier alpha value is -2.43. The van der Waals surface area contributed by atoms with E-state index in [0.717, 1.165) is 30.0 Å². The zero-order valence-electron chi connectivity index (χ0n) is 12.4. The van der Waals surface area contributed by atoms with Crippen molar-refractivity contribution in [2.45, 2.75) is 26.8 Å². The number of hydrogen-bond donors (Lipinski definition) is 2. The molecule has 0 spiro atoms. The van der Waals surface area contributed by atoms with Gasteiger partial charge in [0.25, 0.3) is 5.91 Å². The normalized spacial score (nSPS) is 10.2. The van der Waals surface area contributed by atoms with Crippen LogP contribution in [0.2, 0.25) is 0 Å². The quantitative estimate of drug-likeness (QED) is 0.855. The van der Waals surface area contributed by atoms with E-state index in [4.69, 9.17) is 0 Å². The van der Waals surface area contributed by atoms with Crippen LogP contribution in [0.3, 0.4) is 0 Å². The number of pyridine rings is 2. The summed E-state index contributed by atoms with van der Waals surface area (Å²) >= 11 is 0. The number of carbonyl (C=O) groups is 1. The second kappa shape index (κ2) is 7.38. The topological polar surface area (TPSA) is 66.9 Å². The lowest BCUT2D eigenvalue weighted by Crippen LogP contribution is -2.23. The Labute approximate surface area is 124 Å². The zero-order chi connectivity index (χ0) is 15.1. The third-order valence-electron chi connectivity index (χ3n) is 2.95. The lowest BCUT2D eigenvalue weighted by molar-refractivity contribution is 0.0950. The van der Waals surface area contributed by atoms with Crippen molar-refractivity contribution in [2.24, 2.45) is 0 Å². The first-order valence-corrected chi connectivity index (χ1v) is 7.08.